The molecule has 81 heavy (non-hydrogen) atoms. The molecular formula is C79H58N2. The Morgan fingerprint density at radius 3 is 0.802 bits per heavy atom. The molecule has 2 nitrogen and oxygen atoms in total. The highest BCUT2D eigenvalue weighted by Gasteiger charge is 2.52. The van der Waals surface area contributed by atoms with Gasteiger partial charge in [0.1, 0.15) is 0 Å². The second-order valence-corrected chi connectivity index (χ2v) is 23.6. The van der Waals surface area contributed by atoms with E-state index in [0.29, 0.717) is 0 Å². The number of hydrogen-bond donors (Lipinski definition) is 0. The Morgan fingerprint density at radius 2 is 0.444 bits per heavy atom. The number of fused-ring (bicyclic) bond motifs is 16. The van der Waals surface area contributed by atoms with E-state index < -0.39 is 5.41 Å². The van der Waals surface area contributed by atoms with Crippen molar-refractivity contribution >= 4 is 34.1 Å². The van der Waals surface area contributed by atoms with E-state index in [4.69, 9.17) is 0 Å². The van der Waals surface area contributed by atoms with Gasteiger partial charge in [0.15, 0.2) is 0 Å². The molecule has 0 aliphatic heterocycles. The van der Waals surface area contributed by atoms with Gasteiger partial charge in [-0.25, -0.2) is 0 Å². The maximum atomic E-state index is 2.53. The van der Waals surface area contributed by atoms with Gasteiger partial charge in [-0.2, -0.15) is 0 Å². The van der Waals surface area contributed by atoms with Gasteiger partial charge in [0.25, 0.3) is 0 Å². The molecule has 0 atom stereocenters. The van der Waals surface area contributed by atoms with Crippen LogP contribution in [0.1, 0.15) is 72.2 Å². The van der Waals surface area contributed by atoms with Gasteiger partial charge < -0.3 is 9.80 Å². The van der Waals surface area contributed by atoms with Crippen molar-refractivity contribution < 1.29 is 0 Å². The Bertz CT molecular complexity index is 4220. The maximum Gasteiger partial charge on any atom is 0.0727 e. The van der Waals surface area contributed by atoms with E-state index in [1.54, 1.807) is 0 Å². The second kappa shape index (κ2) is 17.6. The molecule has 0 saturated heterocycles. The third-order valence-electron chi connectivity index (χ3n) is 18.7. The standard InChI is InChI=1S/C79H58N2/c1-77(2)69-27-15-11-23-61(69)65-43-39-57(47-73(65)77)80(55-35-31-53(32-36-55)51-19-7-5-8-20-51)59-41-45-67-68-46-42-60(50-76(68)79(75(67)49-59)71-29-17-13-25-63(71)64-26-14-18-30-72(64)79)81(56-37-33-54(34-38-56)52-21-9-6-10-22-52)58-40-44-66-62-24-12-16-28-70(62)78(3,4)74(66)48-58/h5-50H,1-4H3. The molecule has 0 saturated carbocycles. The van der Waals surface area contributed by atoms with Crippen LogP contribution in [0.4, 0.5) is 34.1 Å². The van der Waals surface area contributed by atoms with E-state index in [9.17, 15) is 0 Å². The zero-order chi connectivity index (χ0) is 54.2. The van der Waals surface area contributed by atoms with Crippen molar-refractivity contribution in [1.29, 1.82) is 0 Å². The Kier molecular flexibility index (Phi) is 10.3. The average Bonchev–Trinajstić information content (AvgIpc) is 2.36. The summed E-state index contributed by atoms with van der Waals surface area (Å²) in [6.45, 7) is 9.52. The molecular weight excluding hydrogens is 977 g/mol. The van der Waals surface area contributed by atoms with E-state index in [-0.39, 0.29) is 10.8 Å². The first-order valence-electron chi connectivity index (χ1n) is 28.6. The topological polar surface area (TPSA) is 6.48 Å². The molecule has 0 unspecified atom stereocenters. The first kappa shape index (κ1) is 47.3. The predicted octanol–water partition coefficient (Wildman–Crippen LogP) is 20.9. The van der Waals surface area contributed by atoms with Crippen molar-refractivity contribution in [2.24, 2.45) is 0 Å². The van der Waals surface area contributed by atoms with Crippen LogP contribution >= 0.6 is 0 Å². The smallest absolute Gasteiger partial charge is 0.0727 e. The first-order chi connectivity index (χ1) is 39.7. The predicted molar refractivity (Wildman–Crippen MR) is 338 cm³/mol. The van der Waals surface area contributed by atoms with E-state index in [0.717, 1.165) is 34.1 Å². The lowest BCUT2D eigenvalue weighted by molar-refractivity contribution is 0.660. The lowest BCUT2D eigenvalue weighted by Gasteiger charge is -2.33. The van der Waals surface area contributed by atoms with E-state index >= 15 is 0 Å². The van der Waals surface area contributed by atoms with Crippen molar-refractivity contribution in [2.75, 3.05) is 9.80 Å². The zero-order valence-electron chi connectivity index (χ0n) is 46.0. The minimum absolute atomic E-state index is 0.164. The molecule has 12 aromatic rings. The summed E-state index contributed by atoms with van der Waals surface area (Å²) in [6.07, 6.45) is 0. The van der Waals surface area contributed by atoms with Gasteiger partial charge in [-0.3, -0.25) is 0 Å². The molecule has 0 bridgehead atoms. The van der Waals surface area contributed by atoms with Crippen molar-refractivity contribution in [3.05, 3.63) is 324 Å². The van der Waals surface area contributed by atoms with Crippen LogP contribution < -0.4 is 9.80 Å². The molecule has 384 valence electrons. The molecule has 0 fully saturated rings. The van der Waals surface area contributed by atoms with Crippen LogP contribution in [-0.2, 0) is 16.2 Å². The highest BCUT2D eigenvalue weighted by Crippen LogP contribution is 2.64. The van der Waals surface area contributed by atoms with Gasteiger partial charge in [0, 0.05) is 45.0 Å². The van der Waals surface area contributed by atoms with Crippen LogP contribution in [0.3, 0.4) is 0 Å². The van der Waals surface area contributed by atoms with Crippen molar-refractivity contribution in [3.63, 3.8) is 0 Å². The van der Waals surface area contributed by atoms with Crippen LogP contribution in [0, 0.1) is 0 Å². The number of rotatable bonds is 8. The van der Waals surface area contributed by atoms with Crippen LogP contribution in [0.25, 0.3) is 66.8 Å². The minimum atomic E-state index is -0.626. The Morgan fingerprint density at radius 1 is 0.198 bits per heavy atom. The number of anilines is 6. The Balaban J connectivity index is 0.907. The average molecular weight is 1040 g/mol. The third kappa shape index (κ3) is 6.87. The Labute approximate surface area is 475 Å². The summed E-state index contributed by atoms with van der Waals surface area (Å²) in [7, 11) is 0. The molecule has 0 aromatic heterocycles. The molecule has 0 N–H and O–H groups in total. The lowest BCUT2D eigenvalue weighted by atomic mass is 9.70. The molecule has 1 spiro atoms. The maximum absolute atomic E-state index is 2.53. The molecule has 4 aliphatic rings. The largest absolute Gasteiger partial charge is 0.310 e. The molecule has 0 heterocycles. The Hall–Kier alpha value is -9.76. The summed E-state index contributed by atoms with van der Waals surface area (Å²) in [5.41, 5.74) is 31.6. The fourth-order valence-corrected chi connectivity index (χ4v) is 14.8. The highest BCUT2D eigenvalue weighted by molar-refractivity contribution is 5.98. The van der Waals surface area contributed by atoms with Crippen molar-refractivity contribution in [1.82, 2.24) is 0 Å². The normalized spacial score (nSPS) is 14.5. The molecule has 16 rings (SSSR count). The summed E-state index contributed by atoms with van der Waals surface area (Å²) in [5, 5.41) is 0. The van der Waals surface area contributed by atoms with Crippen molar-refractivity contribution in [2.45, 2.75) is 43.9 Å². The molecule has 2 heteroatoms. The monoisotopic (exact) mass is 1030 g/mol. The van der Waals surface area contributed by atoms with E-state index in [1.807, 2.05) is 0 Å². The molecule has 0 amide bonds. The third-order valence-corrected chi connectivity index (χ3v) is 18.7. The fraction of sp³-hybridized carbons (Fsp3) is 0.0886. The molecule has 0 radical (unpaired) electrons. The lowest BCUT2D eigenvalue weighted by Crippen LogP contribution is -2.26. The fourth-order valence-electron chi connectivity index (χ4n) is 14.8. The van der Waals surface area contributed by atoms with Crippen LogP contribution in [0.15, 0.2) is 279 Å². The summed E-state index contributed by atoms with van der Waals surface area (Å²) < 4.78 is 0. The van der Waals surface area contributed by atoms with Gasteiger partial charge in [-0.1, -0.05) is 234 Å². The minimum Gasteiger partial charge on any atom is -0.310 e. The number of hydrogen-bond acceptors (Lipinski definition) is 2. The van der Waals surface area contributed by atoms with Gasteiger partial charge in [-0.05, 0) is 184 Å². The van der Waals surface area contributed by atoms with Gasteiger partial charge >= 0.3 is 0 Å². The SMILES string of the molecule is CC1(C)c2ccccc2-c2ccc(N(c3ccc(-c4ccccc4)cc3)c3ccc4c(c3)C3(c5ccccc5-c5ccccc53)c3cc(N(c5ccc(-c6ccccc6)cc5)c5ccc6c(c5)C(C)(C)c5ccccc5-6)ccc3-4)cc21. The summed E-state index contributed by atoms with van der Waals surface area (Å²) >= 11 is 0. The van der Waals surface area contributed by atoms with Crippen molar-refractivity contribution in [3.8, 4) is 66.8 Å². The zero-order valence-corrected chi connectivity index (χ0v) is 46.0. The van der Waals surface area contributed by atoms with Gasteiger partial charge in [0.05, 0.1) is 5.41 Å². The number of benzene rings is 12. The van der Waals surface area contributed by atoms with Gasteiger partial charge in [0.2, 0.25) is 0 Å². The van der Waals surface area contributed by atoms with Gasteiger partial charge in [-0.15, -0.1) is 0 Å². The van der Waals surface area contributed by atoms with E-state index in [1.165, 1.54) is 111 Å². The van der Waals surface area contributed by atoms with Crippen LogP contribution in [0.5, 0.6) is 0 Å². The summed E-state index contributed by atoms with van der Waals surface area (Å²) in [6, 6.07) is 105. The summed E-state index contributed by atoms with van der Waals surface area (Å²) in [4.78, 5) is 5.00. The highest BCUT2D eigenvalue weighted by atomic mass is 15.1. The van der Waals surface area contributed by atoms with Crippen LogP contribution in [-0.4, -0.2) is 0 Å². The quantitative estimate of drug-likeness (QED) is 0.150. The first-order valence-corrected chi connectivity index (χ1v) is 28.6. The van der Waals surface area contributed by atoms with E-state index in [2.05, 4.69) is 317 Å². The second-order valence-electron chi connectivity index (χ2n) is 23.6. The number of nitrogens with zero attached hydrogens (tertiary/aromatic N) is 2. The molecule has 12 aromatic carbocycles. The molecule has 4 aliphatic carbocycles. The van der Waals surface area contributed by atoms with Crippen LogP contribution in [0.2, 0.25) is 0 Å². The summed E-state index contributed by atoms with van der Waals surface area (Å²) in [5.74, 6) is 0.